The van der Waals surface area contributed by atoms with Crippen LogP contribution in [0.4, 0.5) is 0 Å². The summed E-state index contributed by atoms with van der Waals surface area (Å²) in [5, 5.41) is 12.1. The molecule has 0 saturated heterocycles. The molecular formula is C18H20N2O4. The van der Waals surface area contributed by atoms with Crippen molar-refractivity contribution in [2.45, 2.75) is 26.3 Å². The first-order valence-corrected chi connectivity index (χ1v) is 7.55. The molecule has 6 heteroatoms. The van der Waals surface area contributed by atoms with E-state index in [1.165, 1.54) is 7.11 Å². The fourth-order valence-corrected chi connectivity index (χ4v) is 2.42. The maximum absolute atomic E-state index is 12.4. The molecule has 2 aromatic rings. The van der Waals surface area contributed by atoms with E-state index in [1.807, 2.05) is 13.8 Å². The Kier molecular flexibility index (Phi) is 5.48. The molecule has 1 atom stereocenters. The van der Waals surface area contributed by atoms with Gasteiger partial charge in [-0.3, -0.25) is 4.79 Å². The Morgan fingerprint density at radius 3 is 2.62 bits per heavy atom. The van der Waals surface area contributed by atoms with Gasteiger partial charge in [-0.05, 0) is 30.7 Å². The molecule has 0 aliphatic heterocycles. The van der Waals surface area contributed by atoms with Crippen LogP contribution in [0.1, 0.15) is 40.4 Å². The molecule has 1 aromatic carbocycles. The van der Waals surface area contributed by atoms with Crippen LogP contribution in [0.2, 0.25) is 0 Å². The van der Waals surface area contributed by atoms with Crippen molar-refractivity contribution in [2.24, 2.45) is 0 Å². The monoisotopic (exact) mass is 328 g/mol. The molecule has 1 amide bonds. The van der Waals surface area contributed by atoms with Crippen LogP contribution in [0.25, 0.3) is 0 Å². The number of benzene rings is 1. The van der Waals surface area contributed by atoms with Crippen LogP contribution >= 0.6 is 0 Å². The Balaban J connectivity index is 2.26. The average Bonchev–Trinajstić information content (AvgIpc) is 3.00. The lowest BCUT2D eigenvalue weighted by Crippen LogP contribution is -2.27. The van der Waals surface area contributed by atoms with Crippen LogP contribution < -0.4 is 14.8 Å². The molecule has 126 valence electrons. The summed E-state index contributed by atoms with van der Waals surface area (Å²) in [7, 11) is 3.04. The highest BCUT2D eigenvalue weighted by Gasteiger charge is 2.22. The number of methoxy groups -OCH3 is 2. The standard InChI is InChI=1S/C18H20N2O4/c1-5-15-11(2)8-17(24-15)18(21)20-14(10-19)13-7-6-12(22-3)9-16(13)23-4/h6-9,14H,5H2,1-4H3,(H,20,21)/t14-/m0/s1. The topological polar surface area (TPSA) is 84.5 Å². The summed E-state index contributed by atoms with van der Waals surface area (Å²) in [6, 6.07) is 7.94. The largest absolute Gasteiger partial charge is 0.497 e. The van der Waals surface area contributed by atoms with Crippen molar-refractivity contribution in [3.8, 4) is 17.6 Å². The summed E-state index contributed by atoms with van der Waals surface area (Å²) in [6.45, 7) is 3.83. The van der Waals surface area contributed by atoms with E-state index >= 15 is 0 Å². The number of aryl methyl sites for hydroxylation is 2. The molecule has 6 nitrogen and oxygen atoms in total. The summed E-state index contributed by atoms with van der Waals surface area (Å²) in [5.74, 6) is 1.58. The lowest BCUT2D eigenvalue weighted by Gasteiger charge is -2.15. The van der Waals surface area contributed by atoms with Gasteiger partial charge in [0.25, 0.3) is 5.91 Å². The van der Waals surface area contributed by atoms with E-state index in [4.69, 9.17) is 13.9 Å². The molecule has 1 N–H and O–H groups in total. The number of ether oxygens (including phenoxy) is 2. The Labute approximate surface area is 141 Å². The van der Waals surface area contributed by atoms with Crippen LogP contribution in [-0.4, -0.2) is 20.1 Å². The van der Waals surface area contributed by atoms with Gasteiger partial charge in [-0.1, -0.05) is 6.92 Å². The van der Waals surface area contributed by atoms with Crippen molar-refractivity contribution in [1.82, 2.24) is 5.32 Å². The highest BCUT2D eigenvalue weighted by Crippen LogP contribution is 2.29. The van der Waals surface area contributed by atoms with Gasteiger partial charge in [0.15, 0.2) is 5.76 Å². The zero-order valence-electron chi connectivity index (χ0n) is 14.2. The van der Waals surface area contributed by atoms with Crippen molar-refractivity contribution >= 4 is 5.91 Å². The number of rotatable bonds is 6. The third kappa shape index (κ3) is 3.51. The smallest absolute Gasteiger partial charge is 0.288 e. The Morgan fingerprint density at radius 1 is 1.33 bits per heavy atom. The van der Waals surface area contributed by atoms with Crippen LogP contribution in [-0.2, 0) is 6.42 Å². The summed E-state index contributed by atoms with van der Waals surface area (Å²) >= 11 is 0. The third-order valence-electron chi connectivity index (χ3n) is 3.72. The number of nitriles is 1. The fraction of sp³-hybridized carbons (Fsp3) is 0.333. The van der Waals surface area contributed by atoms with E-state index < -0.39 is 11.9 Å². The van der Waals surface area contributed by atoms with Gasteiger partial charge in [0.05, 0.1) is 20.3 Å². The minimum atomic E-state index is -0.867. The molecule has 0 saturated carbocycles. The lowest BCUT2D eigenvalue weighted by molar-refractivity contribution is 0.0915. The molecule has 2 rings (SSSR count). The second kappa shape index (κ2) is 7.55. The van der Waals surface area contributed by atoms with Crippen LogP contribution in [0.15, 0.2) is 28.7 Å². The first-order chi connectivity index (χ1) is 11.5. The van der Waals surface area contributed by atoms with Gasteiger partial charge in [-0.2, -0.15) is 5.26 Å². The Morgan fingerprint density at radius 2 is 2.08 bits per heavy atom. The molecule has 0 bridgehead atoms. The Bertz CT molecular complexity index is 774. The number of amides is 1. The number of nitrogens with zero attached hydrogens (tertiary/aromatic N) is 1. The number of hydrogen-bond acceptors (Lipinski definition) is 5. The van der Waals surface area contributed by atoms with Crippen LogP contribution in [0.3, 0.4) is 0 Å². The minimum absolute atomic E-state index is 0.192. The maximum atomic E-state index is 12.4. The van der Waals surface area contributed by atoms with E-state index in [2.05, 4.69) is 11.4 Å². The van der Waals surface area contributed by atoms with Crippen molar-refractivity contribution in [3.05, 3.63) is 46.9 Å². The SMILES string of the molecule is CCc1oc(C(=O)N[C@@H](C#N)c2ccc(OC)cc2OC)cc1C. The summed E-state index contributed by atoms with van der Waals surface area (Å²) in [4.78, 5) is 12.4. The molecule has 0 spiro atoms. The molecule has 0 fully saturated rings. The normalized spacial score (nSPS) is 11.5. The van der Waals surface area contributed by atoms with Crippen molar-refractivity contribution in [3.63, 3.8) is 0 Å². The molecule has 0 radical (unpaired) electrons. The van der Waals surface area contributed by atoms with E-state index in [-0.39, 0.29) is 5.76 Å². The molecule has 24 heavy (non-hydrogen) atoms. The van der Waals surface area contributed by atoms with Crippen molar-refractivity contribution in [2.75, 3.05) is 14.2 Å². The fourth-order valence-electron chi connectivity index (χ4n) is 2.42. The van der Waals surface area contributed by atoms with E-state index in [0.717, 1.165) is 11.3 Å². The van der Waals surface area contributed by atoms with Crippen LogP contribution in [0.5, 0.6) is 11.5 Å². The number of carbonyl (C=O) groups excluding carboxylic acids is 1. The second-order valence-corrected chi connectivity index (χ2v) is 5.21. The first-order valence-electron chi connectivity index (χ1n) is 7.55. The number of nitrogens with one attached hydrogen (secondary N) is 1. The minimum Gasteiger partial charge on any atom is -0.497 e. The molecule has 1 aromatic heterocycles. The molecular weight excluding hydrogens is 308 g/mol. The molecule has 0 aliphatic carbocycles. The summed E-state index contributed by atoms with van der Waals surface area (Å²) in [5.41, 5.74) is 1.46. The summed E-state index contributed by atoms with van der Waals surface area (Å²) < 4.78 is 16.0. The van der Waals surface area contributed by atoms with Gasteiger partial charge in [0, 0.05) is 18.1 Å². The van der Waals surface area contributed by atoms with Gasteiger partial charge in [0.1, 0.15) is 23.3 Å². The molecule has 0 unspecified atom stereocenters. The predicted octanol–water partition coefficient (Wildman–Crippen LogP) is 3.16. The Hall–Kier alpha value is -2.94. The second-order valence-electron chi connectivity index (χ2n) is 5.21. The molecule has 0 aliphatic rings. The molecule has 1 heterocycles. The third-order valence-corrected chi connectivity index (χ3v) is 3.72. The van der Waals surface area contributed by atoms with E-state index in [9.17, 15) is 10.1 Å². The number of carbonyl (C=O) groups is 1. The van der Waals surface area contributed by atoms with E-state index in [0.29, 0.717) is 23.5 Å². The van der Waals surface area contributed by atoms with Crippen molar-refractivity contribution in [1.29, 1.82) is 5.26 Å². The van der Waals surface area contributed by atoms with Crippen molar-refractivity contribution < 1.29 is 18.7 Å². The van der Waals surface area contributed by atoms with Gasteiger partial charge in [-0.15, -0.1) is 0 Å². The zero-order chi connectivity index (χ0) is 17.7. The highest BCUT2D eigenvalue weighted by molar-refractivity contribution is 5.92. The van der Waals surface area contributed by atoms with Gasteiger partial charge in [0.2, 0.25) is 0 Å². The zero-order valence-corrected chi connectivity index (χ0v) is 14.2. The van der Waals surface area contributed by atoms with Gasteiger partial charge in [-0.25, -0.2) is 0 Å². The number of hydrogen-bond donors (Lipinski definition) is 1. The quantitative estimate of drug-likeness (QED) is 0.880. The summed E-state index contributed by atoms with van der Waals surface area (Å²) in [6.07, 6.45) is 0.701. The van der Waals surface area contributed by atoms with Crippen LogP contribution in [0, 0.1) is 18.3 Å². The average molecular weight is 328 g/mol. The predicted molar refractivity (Wildman–Crippen MR) is 88.2 cm³/mol. The van der Waals surface area contributed by atoms with E-state index in [1.54, 1.807) is 31.4 Å². The van der Waals surface area contributed by atoms with Gasteiger partial charge >= 0.3 is 0 Å². The highest BCUT2D eigenvalue weighted by atomic mass is 16.5. The maximum Gasteiger partial charge on any atom is 0.288 e. The van der Waals surface area contributed by atoms with Gasteiger partial charge < -0.3 is 19.2 Å². The number of furan rings is 1. The lowest BCUT2D eigenvalue weighted by atomic mass is 10.1. The first kappa shape index (κ1) is 17.4.